The third-order valence-corrected chi connectivity index (χ3v) is 8.35. The molecular weight excluding hydrogens is 402 g/mol. The van der Waals surface area contributed by atoms with Crippen molar-refractivity contribution in [2.75, 3.05) is 0 Å². The van der Waals surface area contributed by atoms with Crippen LogP contribution in [0.5, 0.6) is 0 Å². The average Bonchev–Trinajstić information content (AvgIpc) is 3.31. The van der Waals surface area contributed by atoms with Gasteiger partial charge in [0.1, 0.15) is 0 Å². The lowest BCUT2D eigenvalue weighted by Crippen LogP contribution is -1.95. The molecular formula is C27H21NS2. The van der Waals surface area contributed by atoms with E-state index in [2.05, 4.69) is 81.4 Å². The van der Waals surface area contributed by atoms with Crippen LogP contribution in [0.3, 0.4) is 0 Å². The summed E-state index contributed by atoms with van der Waals surface area (Å²) >= 11 is 3.78. The molecule has 0 saturated carbocycles. The highest BCUT2D eigenvalue weighted by Gasteiger charge is 2.19. The highest BCUT2D eigenvalue weighted by atomic mass is 32.1. The van der Waals surface area contributed by atoms with Crippen LogP contribution in [0, 0.1) is 6.92 Å². The second kappa shape index (κ2) is 6.63. The van der Waals surface area contributed by atoms with Crippen molar-refractivity contribution >= 4 is 63.0 Å². The molecule has 3 heteroatoms. The molecule has 6 aromatic rings. The Kier molecular flexibility index (Phi) is 3.99. The van der Waals surface area contributed by atoms with Crippen LogP contribution in [0.1, 0.15) is 30.9 Å². The number of hydrogen-bond acceptors (Lipinski definition) is 3. The molecule has 0 aliphatic rings. The van der Waals surface area contributed by atoms with Crippen LogP contribution in [0.2, 0.25) is 0 Å². The van der Waals surface area contributed by atoms with Gasteiger partial charge < -0.3 is 0 Å². The molecule has 0 aliphatic heterocycles. The third kappa shape index (κ3) is 2.55. The Morgan fingerprint density at radius 2 is 1.43 bits per heavy atom. The van der Waals surface area contributed by atoms with Crippen molar-refractivity contribution in [3.05, 3.63) is 78.0 Å². The number of pyridine rings is 1. The quantitative estimate of drug-likeness (QED) is 0.271. The fourth-order valence-corrected chi connectivity index (χ4v) is 6.99. The molecule has 0 fully saturated rings. The minimum atomic E-state index is 0.484. The Morgan fingerprint density at radius 1 is 0.767 bits per heavy atom. The second-order valence-electron chi connectivity index (χ2n) is 8.28. The molecule has 146 valence electrons. The van der Waals surface area contributed by atoms with Gasteiger partial charge in [-0.1, -0.05) is 50.2 Å². The fraction of sp³-hybridized carbons (Fsp3) is 0.148. The monoisotopic (exact) mass is 423 g/mol. The largest absolute Gasteiger partial charge is 0.256 e. The predicted molar refractivity (Wildman–Crippen MR) is 134 cm³/mol. The van der Waals surface area contributed by atoms with Gasteiger partial charge in [0.05, 0.1) is 5.69 Å². The summed E-state index contributed by atoms with van der Waals surface area (Å²) in [6.07, 6.45) is 2.04. The van der Waals surface area contributed by atoms with Gasteiger partial charge in [-0.05, 0) is 48.2 Å². The Hall–Kier alpha value is -2.75. The first kappa shape index (κ1) is 18.1. The molecule has 0 amide bonds. The van der Waals surface area contributed by atoms with E-state index in [0.717, 1.165) is 5.69 Å². The van der Waals surface area contributed by atoms with Gasteiger partial charge in [0, 0.05) is 52.1 Å². The van der Waals surface area contributed by atoms with Gasteiger partial charge >= 0.3 is 0 Å². The van der Waals surface area contributed by atoms with Gasteiger partial charge in [0.15, 0.2) is 0 Å². The van der Waals surface area contributed by atoms with Crippen LogP contribution in [0.15, 0.2) is 66.9 Å². The van der Waals surface area contributed by atoms with Crippen LogP contribution in [0.4, 0.5) is 0 Å². The summed E-state index contributed by atoms with van der Waals surface area (Å²) in [5.74, 6) is 0.484. The Morgan fingerprint density at radius 3 is 2.17 bits per heavy atom. The number of benzene rings is 3. The van der Waals surface area contributed by atoms with E-state index in [1.807, 2.05) is 28.9 Å². The zero-order valence-corrected chi connectivity index (χ0v) is 18.8. The van der Waals surface area contributed by atoms with Crippen molar-refractivity contribution in [3.63, 3.8) is 0 Å². The average molecular weight is 424 g/mol. The summed E-state index contributed by atoms with van der Waals surface area (Å²) < 4.78 is 5.38. The predicted octanol–water partition coefficient (Wildman–Crippen LogP) is 8.92. The van der Waals surface area contributed by atoms with Crippen molar-refractivity contribution in [2.24, 2.45) is 0 Å². The second-order valence-corrected chi connectivity index (χ2v) is 10.4. The maximum Gasteiger partial charge on any atom is 0.0719 e. The smallest absolute Gasteiger partial charge is 0.0719 e. The van der Waals surface area contributed by atoms with Crippen molar-refractivity contribution < 1.29 is 0 Å². The van der Waals surface area contributed by atoms with Crippen LogP contribution in [-0.4, -0.2) is 4.98 Å². The SMILES string of the molecule is Cc1cnc(-c2cc3sc4ccccc4c3c3c2sc2ccccc23)cc1C(C)C. The molecule has 0 unspecified atom stereocenters. The van der Waals surface area contributed by atoms with Gasteiger partial charge in [-0.15, -0.1) is 22.7 Å². The molecule has 6 rings (SSSR count). The topological polar surface area (TPSA) is 12.9 Å². The number of aromatic nitrogens is 1. The molecule has 0 saturated heterocycles. The minimum Gasteiger partial charge on any atom is -0.256 e. The molecule has 1 nitrogen and oxygen atoms in total. The van der Waals surface area contributed by atoms with Gasteiger partial charge in [0.2, 0.25) is 0 Å². The summed E-state index contributed by atoms with van der Waals surface area (Å²) in [4.78, 5) is 4.88. The number of hydrogen-bond donors (Lipinski definition) is 0. The van der Waals surface area contributed by atoms with E-state index in [9.17, 15) is 0 Å². The molecule has 0 radical (unpaired) electrons. The number of nitrogens with zero attached hydrogens (tertiary/aromatic N) is 1. The molecule has 0 bridgehead atoms. The minimum absolute atomic E-state index is 0.484. The molecule has 3 aromatic heterocycles. The van der Waals surface area contributed by atoms with Crippen molar-refractivity contribution in [3.8, 4) is 11.3 Å². The zero-order chi connectivity index (χ0) is 20.4. The maximum absolute atomic E-state index is 4.88. The number of thiophene rings is 2. The molecule has 3 heterocycles. The first-order valence-electron chi connectivity index (χ1n) is 10.3. The summed E-state index contributed by atoms with van der Waals surface area (Å²) in [6.45, 7) is 6.68. The third-order valence-electron chi connectivity index (χ3n) is 6.03. The van der Waals surface area contributed by atoms with Crippen molar-refractivity contribution in [1.82, 2.24) is 4.98 Å². The summed E-state index contributed by atoms with van der Waals surface area (Å²) in [5.41, 5.74) is 4.99. The van der Waals surface area contributed by atoms with Gasteiger partial charge in [0.25, 0.3) is 0 Å². The van der Waals surface area contributed by atoms with Crippen molar-refractivity contribution in [2.45, 2.75) is 26.7 Å². The number of aryl methyl sites for hydroxylation is 1. The summed E-state index contributed by atoms with van der Waals surface area (Å²) in [6, 6.07) is 22.3. The van der Waals surface area contributed by atoms with E-state index < -0.39 is 0 Å². The van der Waals surface area contributed by atoms with Crippen LogP contribution in [-0.2, 0) is 0 Å². The highest BCUT2D eigenvalue weighted by Crippen LogP contribution is 2.48. The summed E-state index contributed by atoms with van der Waals surface area (Å²) in [7, 11) is 0. The van der Waals surface area contributed by atoms with E-state index in [1.165, 1.54) is 57.0 Å². The van der Waals surface area contributed by atoms with Crippen LogP contribution >= 0.6 is 22.7 Å². The Labute approximate surface area is 183 Å². The fourth-order valence-electron chi connectivity index (χ4n) is 4.60. The lowest BCUT2D eigenvalue weighted by molar-refractivity contribution is 0.852. The Balaban J connectivity index is 1.81. The Bertz CT molecular complexity index is 1580. The molecule has 0 atom stereocenters. The van der Waals surface area contributed by atoms with E-state index in [1.54, 1.807) is 0 Å². The zero-order valence-electron chi connectivity index (χ0n) is 17.2. The lowest BCUT2D eigenvalue weighted by atomic mass is 9.96. The first-order chi connectivity index (χ1) is 14.6. The molecule has 0 N–H and O–H groups in total. The van der Waals surface area contributed by atoms with Crippen molar-refractivity contribution in [1.29, 1.82) is 0 Å². The van der Waals surface area contributed by atoms with Gasteiger partial charge in [-0.3, -0.25) is 4.98 Å². The molecule has 30 heavy (non-hydrogen) atoms. The van der Waals surface area contributed by atoms with E-state index in [4.69, 9.17) is 4.98 Å². The summed E-state index contributed by atoms with van der Waals surface area (Å²) in [5, 5.41) is 5.48. The molecule has 0 aliphatic carbocycles. The van der Waals surface area contributed by atoms with E-state index >= 15 is 0 Å². The van der Waals surface area contributed by atoms with Crippen LogP contribution in [0.25, 0.3) is 51.6 Å². The molecule has 0 spiro atoms. The maximum atomic E-state index is 4.88. The number of rotatable bonds is 2. The number of fused-ring (bicyclic) bond motifs is 7. The lowest BCUT2D eigenvalue weighted by Gasteiger charge is -2.12. The van der Waals surface area contributed by atoms with Crippen LogP contribution < -0.4 is 0 Å². The van der Waals surface area contributed by atoms with Gasteiger partial charge in [-0.25, -0.2) is 0 Å². The van der Waals surface area contributed by atoms with E-state index in [-0.39, 0.29) is 0 Å². The first-order valence-corrected chi connectivity index (χ1v) is 12.0. The van der Waals surface area contributed by atoms with Gasteiger partial charge in [-0.2, -0.15) is 0 Å². The highest BCUT2D eigenvalue weighted by molar-refractivity contribution is 7.28. The standard InChI is InChI=1S/C27H21NS2/c1-15(2)19-12-21(28-14-16(19)3)20-13-24-25(17-8-4-6-10-22(17)29-24)26-18-9-5-7-11-23(18)30-27(20)26/h4-15H,1-3H3. The van der Waals surface area contributed by atoms with E-state index in [0.29, 0.717) is 5.92 Å². The normalized spacial score (nSPS) is 12.1. The molecule has 3 aromatic carbocycles.